The molecule has 21 heavy (non-hydrogen) atoms. The number of methoxy groups -OCH3 is 2. The maximum absolute atomic E-state index is 5.50. The molecule has 0 bridgehead atoms. The van der Waals surface area contributed by atoms with E-state index < -0.39 is 0 Å². The number of hydrogen-bond donors (Lipinski definition) is 1. The Balaban J connectivity index is 2.34. The Bertz CT molecular complexity index is 456. The number of aryl methyl sites for hydroxylation is 1. The molecule has 0 amide bonds. The molecule has 1 unspecified atom stereocenters. The third-order valence-corrected chi connectivity index (χ3v) is 4.27. The number of benzene rings is 1. The summed E-state index contributed by atoms with van der Waals surface area (Å²) >= 11 is 0. The molecule has 0 aromatic heterocycles. The van der Waals surface area contributed by atoms with Crippen LogP contribution in [0.5, 0.6) is 11.5 Å². The molecule has 0 saturated carbocycles. The van der Waals surface area contributed by atoms with E-state index in [0.717, 1.165) is 44.1 Å². The predicted molar refractivity (Wildman–Crippen MR) is 84.2 cm³/mol. The summed E-state index contributed by atoms with van der Waals surface area (Å²) < 4.78 is 16.4. The van der Waals surface area contributed by atoms with Gasteiger partial charge in [-0.05, 0) is 55.5 Å². The van der Waals surface area contributed by atoms with Crippen molar-refractivity contribution >= 4 is 0 Å². The van der Waals surface area contributed by atoms with E-state index >= 15 is 0 Å². The first-order chi connectivity index (χ1) is 10.2. The molecule has 1 aliphatic rings. The van der Waals surface area contributed by atoms with Gasteiger partial charge in [-0.25, -0.2) is 0 Å². The monoisotopic (exact) mass is 293 g/mol. The summed E-state index contributed by atoms with van der Waals surface area (Å²) in [5, 5.41) is 3.65. The lowest BCUT2D eigenvalue weighted by Crippen LogP contribution is -2.32. The number of hydrogen-bond acceptors (Lipinski definition) is 4. The zero-order chi connectivity index (χ0) is 15.2. The van der Waals surface area contributed by atoms with Crippen LogP contribution in [0.4, 0.5) is 0 Å². The van der Waals surface area contributed by atoms with Gasteiger partial charge in [0.25, 0.3) is 0 Å². The fourth-order valence-electron chi connectivity index (χ4n) is 3.13. The van der Waals surface area contributed by atoms with Gasteiger partial charge >= 0.3 is 0 Å². The van der Waals surface area contributed by atoms with Crippen LogP contribution in [0.1, 0.15) is 36.9 Å². The zero-order valence-corrected chi connectivity index (χ0v) is 13.6. The standard InChI is InChI=1S/C17H27NO3/c1-5-18-17(13-6-8-21-9-7-13)14-11-16(20-4)15(19-3)10-12(14)2/h10-11,13,17-18H,5-9H2,1-4H3. The zero-order valence-electron chi connectivity index (χ0n) is 13.6. The molecular weight excluding hydrogens is 266 g/mol. The van der Waals surface area contributed by atoms with Gasteiger partial charge in [0, 0.05) is 19.3 Å². The molecular formula is C17H27NO3. The van der Waals surface area contributed by atoms with Crippen molar-refractivity contribution < 1.29 is 14.2 Å². The maximum Gasteiger partial charge on any atom is 0.161 e. The van der Waals surface area contributed by atoms with Gasteiger partial charge in [-0.3, -0.25) is 0 Å². The van der Waals surface area contributed by atoms with Crippen LogP contribution in [0.25, 0.3) is 0 Å². The molecule has 0 aliphatic carbocycles. The van der Waals surface area contributed by atoms with Gasteiger partial charge in [0.05, 0.1) is 14.2 Å². The predicted octanol–water partition coefficient (Wildman–Crippen LogP) is 3.09. The van der Waals surface area contributed by atoms with Crippen molar-refractivity contribution in [1.82, 2.24) is 5.32 Å². The first-order valence-electron chi connectivity index (χ1n) is 7.74. The van der Waals surface area contributed by atoms with E-state index in [-0.39, 0.29) is 0 Å². The molecule has 0 radical (unpaired) electrons. The minimum atomic E-state index is 0.346. The van der Waals surface area contributed by atoms with Gasteiger partial charge < -0.3 is 19.5 Å². The molecule has 0 spiro atoms. The Morgan fingerprint density at radius 3 is 2.38 bits per heavy atom. The molecule has 1 aliphatic heterocycles. The lowest BCUT2D eigenvalue weighted by Gasteiger charge is -2.32. The highest BCUT2D eigenvalue weighted by molar-refractivity contribution is 5.48. The maximum atomic E-state index is 5.50. The Morgan fingerprint density at radius 2 is 1.81 bits per heavy atom. The van der Waals surface area contributed by atoms with E-state index in [4.69, 9.17) is 14.2 Å². The highest BCUT2D eigenvalue weighted by Gasteiger charge is 2.27. The van der Waals surface area contributed by atoms with Crippen LogP contribution < -0.4 is 14.8 Å². The fourth-order valence-corrected chi connectivity index (χ4v) is 3.13. The minimum Gasteiger partial charge on any atom is -0.493 e. The lowest BCUT2D eigenvalue weighted by atomic mass is 9.85. The largest absolute Gasteiger partial charge is 0.493 e. The first kappa shape index (κ1) is 16.1. The summed E-state index contributed by atoms with van der Waals surface area (Å²) in [6, 6.07) is 4.54. The van der Waals surface area contributed by atoms with Crippen LogP contribution in [0.3, 0.4) is 0 Å². The van der Waals surface area contributed by atoms with E-state index in [2.05, 4.69) is 31.3 Å². The topological polar surface area (TPSA) is 39.7 Å². The molecule has 1 saturated heterocycles. The smallest absolute Gasteiger partial charge is 0.161 e. The summed E-state index contributed by atoms with van der Waals surface area (Å²) in [6.07, 6.45) is 2.21. The van der Waals surface area contributed by atoms with Crippen molar-refractivity contribution in [3.63, 3.8) is 0 Å². The molecule has 4 nitrogen and oxygen atoms in total. The molecule has 118 valence electrons. The molecule has 2 rings (SSSR count). The van der Waals surface area contributed by atoms with Gasteiger partial charge in [0.2, 0.25) is 0 Å². The van der Waals surface area contributed by atoms with E-state index in [1.54, 1.807) is 14.2 Å². The summed E-state index contributed by atoms with van der Waals surface area (Å²) in [5.74, 6) is 2.20. The molecule has 1 fully saturated rings. The van der Waals surface area contributed by atoms with E-state index in [1.807, 2.05) is 0 Å². The van der Waals surface area contributed by atoms with Crippen molar-refractivity contribution in [1.29, 1.82) is 0 Å². The number of ether oxygens (including phenoxy) is 3. The quantitative estimate of drug-likeness (QED) is 0.875. The van der Waals surface area contributed by atoms with Gasteiger partial charge in [0.15, 0.2) is 11.5 Å². The van der Waals surface area contributed by atoms with Crippen LogP contribution in [-0.2, 0) is 4.74 Å². The molecule has 1 atom stereocenters. The summed E-state index contributed by atoms with van der Waals surface area (Å²) in [7, 11) is 3.37. The van der Waals surface area contributed by atoms with Crippen LogP contribution in [0, 0.1) is 12.8 Å². The molecule has 1 aromatic carbocycles. The van der Waals surface area contributed by atoms with Gasteiger partial charge in [-0.15, -0.1) is 0 Å². The van der Waals surface area contributed by atoms with E-state index in [1.165, 1.54) is 11.1 Å². The SMILES string of the molecule is CCNC(c1cc(OC)c(OC)cc1C)C1CCOCC1. The molecule has 4 heteroatoms. The normalized spacial score (nSPS) is 17.5. The van der Waals surface area contributed by atoms with Crippen LogP contribution in [0.2, 0.25) is 0 Å². The summed E-state index contributed by atoms with van der Waals surface area (Å²) in [4.78, 5) is 0. The lowest BCUT2D eigenvalue weighted by molar-refractivity contribution is 0.0537. The molecule has 1 aromatic rings. The highest BCUT2D eigenvalue weighted by Crippen LogP contribution is 2.37. The fraction of sp³-hybridized carbons (Fsp3) is 0.647. The average Bonchev–Trinajstić information content (AvgIpc) is 2.53. The van der Waals surface area contributed by atoms with Crippen molar-refractivity contribution in [3.8, 4) is 11.5 Å². The first-order valence-corrected chi connectivity index (χ1v) is 7.74. The Kier molecular flexibility index (Phi) is 5.88. The van der Waals surface area contributed by atoms with Gasteiger partial charge in [-0.2, -0.15) is 0 Å². The summed E-state index contributed by atoms with van der Waals surface area (Å²) in [6.45, 7) is 6.97. The second kappa shape index (κ2) is 7.66. The summed E-state index contributed by atoms with van der Waals surface area (Å²) in [5.41, 5.74) is 2.55. The van der Waals surface area contributed by atoms with Crippen molar-refractivity contribution in [2.24, 2.45) is 5.92 Å². The highest BCUT2D eigenvalue weighted by atomic mass is 16.5. The van der Waals surface area contributed by atoms with Crippen LogP contribution in [0.15, 0.2) is 12.1 Å². The van der Waals surface area contributed by atoms with Crippen LogP contribution in [-0.4, -0.2) is 34.0 Å². The third kappa shape index (κ3) is 3.69. The molecule has 1 N–H and O–H groups in total. The second-order valence-electron chi connectivity index (χ2n) is 5.55. The van der Waals surface area contributed by atoms with Crippen LogP contribution >= 0.6 is 0 Å². The van der Waals surface area contributed by atoms with Crippen molar-refractivity contribution in [2.45, 2.75) is 32.7 Å². The number of nitrogens with one attached hydrogen (secondary N) is 1. The second-order valence-corrected chi connectivity index (χ2v) is 5.55. The van der Waals surface area contributed by atoms with E-state index in [0.29, 0.717) is 12.0 Å². The van der Waals surface area contributed by atoms with Crippen molar-refractivity contribution in [2.75, 3.05) is 34.0 Å². The number of rotatable bonds is 6. The van der Waals surface area contributed by atoms with Gasteiger partial charge in [0.1, 0.15) is 0 Å². The average molecular weight is 293 g/mol. The van der Waals surface area contributed by atoms with Crippen molar-refractivity contribution in [3.05, 3.63) is 23.3 Å². The van der Waals surface area contributed by atoms with Gasteiger partial charge in [-0.1, -0.05) is 6.92 Å². The Hall–Kier alpha value is -1.26. The Morgan fingerprint density at radius 1 is 1.19 bits per heavy atom. The molecule has 1 heterocycles. The third-order valence-electron chi connectivity index (χ3n) is 4.27. The Labute approximate surface area is 127 Å². The minimum absolute atomic E-state index is 0.346. The van der Waals surface area contributed by atoms with E-state index in [9.17, 15) is 0 Å².